The number of ether oxygens (including phenoxy) is 1. The molecule has 10 rings (SSSR count). The third-order valence-electron chi connectivity index (χ3n) is 9.45. The molecule has 4 aromatic heterocycles. The van der Waals surface area contributed by atoms with Crippen molar-refractivity contribution < 1.29 is 22.6 Å². The number of methoxy groups -OCH3 is 1. The lowest BCUT2D eigenvalue weighted by atomic mass is 10.0. The molecule has 6 aromatic carbocycles. The van der Waals surface area contributed by atoms with Gasteiger partial charge in [0, 0.05) is 27.3 Å². The minimum absolute atomic E-state index is 0.331. The van der Waals surface area contributed by atoms with E-state index in [9.17, 15) is 8.78 Å². The molecule has 0 saturated carbocycles. The first kappa shape index (κ1) is 35.3. The van der Waals surface area contributed by atoms with Gasteiger partial charge >= 0.3 is 0 Å². The largest absolute Gasteiger partial charge is 0.497 e. The molecule has 0 radical (unpaired) electrons. The Balaban J connectivity index is 0.000000148. The second-order valence-corrected chi connectivity index (χ2v) is 13.3. The second kappa shape index (κ2) is 15.0. The van der Waals surface area contributed by atoms with E-state index < -0.39 is 0 Å². The number of rotatable bonds is 7. The molecule has 0 spiro atoms. The molecule has 0 fully saturated rings. The summed E-state index contributed by atoms with van der Waals surface area (Å²) in [7, 11) is 1.63. The fourth-order valence-corrected chi connectivity index (χ4v) is 6.76. The molecule has 0 saturated heterocycles. The Labute approximate surface area is 328 Å². The van der Waals surface area contributed by atoms with Gasteiger partial charge in [-0.2, -0.15) is 10.2 Å². The standard InChI is InChI=1S/C23H16FN3O2.C22H13ClFN3O/c1-28-17-9-6-15(7-10-17)23-18-14-16(8-11-20(18)26-29-23)21-12-13-25-27(21)22-5-3-2-4-19(22)24;23-16-8-5-14(6-9-16)22-17-13-15(7-10-19(17)26-28-22)20-11-12-25-27(20)21-4-2-1-3-18(21)24/h2-14H,1H3;1-13H. The number of aromatic nitrogens is 6. The van der Waals surface area contributed by atoms with Gasteiger partial charge in [-0.15, -0.1) is 0 Å². The first-order valence-corrected chi connectivity index (χ1v) is 18.1. The third kappa shape index (κ3) is 6.81. The van der Waals surface area contributed by atoms with Crippen LogP contribution in [0.15, 0.2) is 167 Å². The monoisotopic (exact) mass is 774 g/mol. The van der Waals surface area contributed by atoms with Crippen LogP contribution in [-0.4, -0.2) is 37.0 Å². The maximum atomic E-state index is 14.3. The number of hydrogen-bond acceptors (Lipinski definition) is 7. The Hall–Kier alpha value is -7.37. The predicted molar refractivity (Wildman–Crippen MR) is 215 cm³/mol. The predicted octanol–water partition coefficient (Wildman–Crippen LogP) is 11.6. The summed E-state index contributed by atoms with van der Waals surface area (Å²) in [6.45, 7) is 0. The number of halogens is 3. The molecule has 0 N–H and O–H groups in total. The molecular weight excluding hydrogens is 746 g/mol. The Bertz CT molecular complexity index is 3010. The summed E-state index contributed by atoms with van der Waals surface area (Å²) >= 11 is 5.99. The molecule has 0 aliphatic heterocycles. The van der Waals surface area contributed by atoms with E-state index in [1.54, 1.807) is 65.3 Å². The van der Waals surface area contributed by atoms with Gasteiger partial charge in [0.15, 0.2) is 11.5 Å². The molecule has 0 unspecified atom stereocenters. The highest BCUT2D eigenvalue weighted by Crippen LogP contribution is 2.35. The van der Waals surface area contributed by atoms with Gasteiger partial charge in [-0.05, 0) is 109 Å². The number of fused-ring (bicyclic) bond motifs is 2. The molecule has 278 valence electrons. The van der Waals surface area contributed by atoms with E-state index in [-0.39, 0.29) is 11.6 Å². The smallest absolute Gasteiger partial charge is 0.174 e. The van der Waals surface area contributed by atoms with Crippen LogP contribution in [0.4, 0.5) is 8.78 Å². The van der Waals surface area contributed by atoms with E-state index in [4.69, 9.17) is 25.4 Å². The molecule has 0 atom stereocenters. The summed E-state index contributed by atoms with van der Waals surface area (Å²) in [5.74, 6) is 1.43. The van der Waals surface area contributed by atoms with E-state index >= 15 is 0 Å². The third-order valence-corrected chi connectivity index (χ3v) is 9.70. The van der Waals surface area contributed by atoms with Crippen LogP contribution >= 0.6 is 11.6 Å². The molecule has 0 amide bonds. The minimum Gasteiger partial charge on any atom is -0.497 e. The SMILES string of the molecule is COc1ccc(-c2onc3ccc(-c4ccnn4-c4ccccc4F)cc23)cc1.Fc1ccccc1-n1nccc1-c1ccc2noc(-c3ccc(Cl)cc3)c2c1. The maximum Gasteiger partial charge on any atom is 0.174 e. The zero-order valence-electron chi connectivity index (χ0n) is 30.1. The highest BCUT2D eigenvalue weighted by molar-refractivity contribution is 6.30. The van der Waals surface area contributed by atoms with Crippen LogP contribution in [0.3, 0.4) is 0 Å². The van der Waals surface area contributed by atoms with Crippen molar-refractivity contribution in [1.82, 2.24) is 29.9 Å². The summed E-state index contributed by atoms with van der Waals surface area (Å²) in [6.07, 6.45) is 3.31. The summed E-state index contributed by atoms with van der Waals surface area (Å²) in [5.41, 5.74) is 7.37. The van der Waals surface area contributed by atoms with Crippen molar-refractivity contribution in [2.45, 2.75) is 0 Å². The van der Waals surface area contributed by atoms with Gasteiger partial charge in [0.1, 0.15) is 39.8 Å². The lowest BCUT2D eigenvalue weighted by Crippen LogP contribution is -2.01. The Morgan fingerprint density at radius 2 is 0.965 bits per heavy atom. The van der Waals surface area contributed by atoms with Gasteiger partial charge in [0.05, 0.1) is 41.7 Å². The van der Waals surface area contributed by atoms with E-state index in [2.05, 4.69) is 20.5 Å². The zero-order valence-corrected chi connectivity index (χ0v) is 30.8. The summed E-state index contributed by atoms with van der Waals surface area (Å²) in [4.78, 5) is 0. The van der Waals surface area contributed by atoms with Crippen LogP contribution in [0.2, 0.25) is 5.02 Å². The number of nitrogens with zero attached hydrogens (tertiary/aromatic N) is 6. The molecule has 12 heteroatoms. The Kier molecular flexibility index (Phi) is 9.33. The fraction of sp³-hybridized carbons (Fsp3) is 0.0222. The van der Waals surface area contributed by atoms with Crippen LogP contribution in [0.1, 0.15) is 0 Å². The summed E-state index contributed by atoms with van der Waals surface area (Å²) < 4.78 is 48.2. The van der Waals surface area contributed by atoms with E-state index in [1.807, 2.05) is 97.1 Å². The van der Waals surface area contributed by atoms with Gasteiger partial charge in [0.25, 0.3) is 0 Å². The molecule has 0 aliphatic rings. The lowest BCUT2D eigenvalue weighted by Gasteiger charge is -2.09. The Morgan fingerprint density at radius 1 is 0.526 bits per heavy atom. The lowest BCUT2D eigenvalue weighted by molar-refractivity contribution is 0.414. The van der Waals surface area contributed by atoms with Gasteiger partial charge in [-0.1, -0.05) is 58.3 Å². The molecule has 0 bridgehead atoms. The normalized spacial score (nSPS) is 11.2. The van der Waals surface area contributed by atoms with Crippen molar-refractivity contribution in [3.05, 3.63) is 175 Å². The van der Waals surface area contributed by atoms with Gasteiger partial charge < -0.3 is 13.8 Å². The molecular formula is C45H29ClF2N6O3. The number of benzene rings is 6. The first-order valence-electron chi connectivity index (χ1n) is 17.7. The Morgan fingerprint density at radius 3 is 1.42 bits per heavy atom. The van der Waals surface area contributed by atoms with Crippen molar-refractivity contribution in [1.29, 1.82) is 0 Å². The average molecular weight is 775 g/mol. The van der Waals surface area contributed by atoms with Crippen molar-refractivity contribution in [3.63, 3.8) is 0 Å². The van der Waals surface area contributed by atoms with Gasteiger partial charge in [0.2, 0.25) is 0 Å². The highest BCUT2D eigenvalue weighted by atomic mass is 35.5. The van der Waals surface area contributed by atoms with Crippen LogP contribution in [0.5, 0.6) is 5.75 Å². The van der Waals surface area contributed by atoms with Gasteiger partial charge in [-0.3, -0.25) is 0 Å². The average Bonchev–Trinajstić information content (AvgIpc) is 4.08. The second-order valence-electron chi connectivity index (χ2n) is 12.9. The quantitative estimate of drug-likeness (QED) is 0.159. The number of para-hydroxylation sites is 2. The van der Waals surface area contributed by atoms with Crippen molar-refractivity contribution in [3.8, 4) is 62.3 Å². The van der Waals surface area contributed by atoms with Crippen LogP contribution < -0.4 is 4.74 Å². The fourth-order valence-electron chi connectivity index (χ4n) is 6.64. The van der Waals surface area contributed by atoms with Crippen molar-refractivity contribution >= 4 is 33.4 Å². The van der Waals surface area contributed by atoms with E-state index in [0.29, 0.717) is 27.9 Å². The molecule has 57 heavy (non-hydrogen) atoms. The van der Waals surface area contributed by atoms with E-state index in [1.165, 1.54) is 12.1 Å². The van der Waals surface area contributed by atoms with E-state index in [0.717, 1.165) is 61.2 Å². The van der Waals surface area contributed by atoms with Crippen molar-refractivity contribution in [2.75, 3.05) is 7.11 Å². The maximum absolute atomic E-state index is 14.3. The first-order chi connectivity index (χ1) is 27.9. The highest BCUT2D eigenvalue weighted by Gasteiger charge is 2.17. The summed E-state index contributed by atoms with van der Waals surface area (Å²) in [5, 5.41) is 19.3. The van der Waals surface area contributed by atoms with Crippen LogP contribution in [0, 0.1) is 11.6 Å². The minimum atomic E-state index is -0.333. The molecule has 0 aliphatic carbocycles. The van der Waals surface area contributed by atoms with Crippen LogP contribution in [-0.2, 0) is 0 Å². The molecule has 4 heterocycles. The molecule has 9 nitrogen and oxygen atoms in total. The number of hydrogen-bond donors (Lipinski definition) is 0. The zero-order chi connectivity index (χ0) is 38.9. The van der Waals surface area contributed by atoms with Crippen LogP contribution in [0.25, 0.3) is 78.3 Å². The summed E-state index contributed by atoms with van der Waals surface area (Å²) in [6, 6.07) is 43.4. The van der Waals surface area contributed by atoms with Gasteiger partial charge in [-0.25, -0.2) is 18.1 Å². The topological polar surface area (TPSA) is 96.9 Å². The molecule has 10 aromatic rings. The van der Waals surface area contributed by atoms with Crippen molar-refractivity contribution in [2.24, 2.45) is 0 Å².